The first-order valence-electron chi connectivity index (χ1n) is 24.2. The highest BCUT2D eigenvalue weighted by Crippen LogP contribution is 2.17. The van der Waals surface area contributed by atoms with E-state index >= 15 is 0 Å². The zero-order valence-corrected chi connectivity index (χ0v) is 37.1. The van der Waals surface area contributed by atoms with Gasteiger partial charge in [-0.3, -0.25) is 9.97 Å². The maximum absolute atomic E-state index is 4.42. The molecule has 10 heteroatoms. The van der Waals surface area contributed by atoms with E-state index in [9.17, 15) is 0 Å². The Bertz CT molecular complexity index is 1440. The average molecular weight is 799 g/mol. The third kappa shape index (κ3) is 24.4. The maximum atomic E-state index is 4.42. The number of unbranched alkanes of at least 4 members (excludes halogenated alkanes) is 30. The molecule has 58 heavy (non-hydrogen) atoms. The van der Waals surface area contributed by atoms with Crippen LogP contribution in [-0.4, -0.2) is 50.4 Å². The molecule has 4 heterocycles. The third-order valence-electron chi connectivity index (χ3n) is 11.2. The molecular formula is C48H82N10. The molecule has 0 atom stereocenters. The molecule has 4 rings (SSSR count). The molecular weight excluding hydrogens is 717 g/mol. The molecule has 0 saturated heterocycles. The number of nitrogens with zero attached hydrogens (tertiary/aromatic N) is 10. The van der Waals surface area contributed by atoms with E-state index in [0.717, 1.165) is 43.1 Å². The molecule has 10 nitrogen and oxygen atoms in total. The monoisotopic (exact) mass is 799 g/mol. The van der Waals surface area contributed by atoms with Gasteiger partial charge in [0.05, 0.1) is 6.54 Å². The Labute approximate surface area is 353 Å². The number of aryl methyl sites for hydroxylation is 2. The van der Waals surface area contributed by atoms with E-state index in [-0.39, 0.29) is 0 Å². The van der Waals surface area contributed by atoms with Gasteiger partial charge in [0.15, 0.2) is 0 Å². The molecule has 0 spiro atoms. The minimum Gasteiger partial charge on any atom is -0.253 e. The zero-order valence-electron chi connectivity index (χ0n) is 37.1. The lowest BCUT2D eigenvalue weighted by atomic mass is 10.0. The van der Waals surface area contributed by atoms with E-state index in [2.05, 4.69) is 54.8 Å². The number of rotatable bonds is 36. The van der Waals surface area contributed by atoms with Crippen molar-refractivity contribution in [3.63, 3.8) is 0 Å². The van der Waals surface area contributed by atoms with Crippen molar-refractivity contribution in [3.8, 4) is 23.0 Å². The van der Waals surface area contributed by atoms with E-state index in [4.69, 9.17) is 0 Å². The standard InChI is InChI=1S/2C24H41N5/c1-2-3-4-5-6-7-8-9-10-11-12-13-14-15-16-19-22-29-24(26-27-28-29)23-20-17-18-21-25-23;1-2-3-4-5-6-7-8-9-10-11-12-13-14-15-16-19-22-29-27-24(26-28-29)23-20-17-18-21-25-23/h2*17-18,20-21H,2-16,19,22H2,1H3. The van der Waals surface area contributed by atoms with Gasteiger partial charge in [-0.1, -0.05) is 219 Å². The fraction of sp³-hybridized carbons (Fsp3) is 0.750. The molecule has 4 aromatic heterocycles. The molecule has 324 valence electrons. The zero-order chi connectivity index (χ0) is 40.8. The lowest BCUT2D eigenvalue weighted by Crippen LogP contribution is -2.03. The van der Waals surface area contributed by atoms with Gasteiger partial charge in [0, 0.05) is 18.9 Å². The molecule has 0 bridgehead atoms. The molecule has 0 fully saturated rings. The summed E-state index contributed by atoms with van der Waals surface area (Å²) in [5, 5.41) is 24.7. The van der Waals surface area contributed by atoms with Gasteiger partial charge in [0.25, 0.3) is 0 Å². The van der Waals surface area contributed by atoms with Crippen molar-refractivity contribution >= 4 is 0 Å². The predicted octanol–water partition coefficient (Wildman–Crippen LogP) is 14.0. The summed E-state index contributed by atoms with van der Waals surface area (Å²) < 4.78 is 1.88. The molecule has 0 saturated carbocycles. The van der Waals surface area contributed by atoms with Crippen molar-refractivity contribution < 1.29 is 0 Å². The molecule has 0 aliphatic heterocycles. The normalized spacial score (nSPS) is 11.2. The molecule has 0 radical (unpaired) electrons. The molecule has 4 aromatic rings. The first-order valence-corrected chi connectivity index (χ1v) is 24.2. The molecule has 0 amide bonds. The minimum absolute atomic E-state index is 0.613. The van der Waals surface area contributed by atoms with E-state index in [1.807, 2.05) is 41.1 Å². The van der Waals surface area contributed by atoms with E-state index in [1.54, 1.807) is 17.2 Å². The summed E-state index contributed by atoms with van der Waals surface area (Å²) in [6.45, 7) is 6.29. The fourth-order valence-electron chi connectivity index (χ4n) is 7.58. The summed E-state index contributed by atoms with van der Waals surface area (Å²) in [5.74, 6) is 1.38. The van der Waals surface area contributed by atoms with Gasteiger partial charge in [-0.05, 0) is 52.7 Å². The van der Waals surface area contributed by atoms with Crippen LogP contribution in [0.25, 0.3) is 23.0 Å². The second kappa shape index (κ2) is 35.4. The number of pyridine rings is 2. The Balaban J connectivity index is 0.000000310. The first kappa shape index (κ1) is 48.8. The SMILES string of the molecule is CCCCCCCCCCCCCCCCCCn1nnc(-c2ccccn2)n1.CCCCCCCCCCCCCCCCCCn1nnnc1-c1ccccn1. The van der Waals surface area contributed by atoms with Gasteiger partial charge in [0.2, 0.25) is 11.6 Å². The highest BCUT2D eigenvalue weighted by molar-refractivity contribution is 5.47. The van der Waals surface area contributed by atoms with Crippen LogP contribution in [0.2, 0.25) is 0 Å². The van der Waals surface area contributed by atoms with E-state index in [0.29, 0.717) is 5.82 Å². The van der Waals surface area contributed by atoms with Crippen LogP contribution in [0, 0.1) is 0 Å². The Kier molecular flexibility index (Phi) is 29.8. The van der Waals surface area contributed by atoms with Crippen molar-refractivity contribution in [3.05, 3.63) is 48.8 Å². The van der Waals surface area contributed by atoms with Gasteiger partial charge >= 0.3 is 0 Å². The van der Waals surface area contributed by atoms with Crippen LogP contribution in [0.15, 0.2) is 48.8 Å². The molecule has 0 unspecified atom stereocenters. The fourth-order valence-corrected chi connectivity index (χ4v) is 7.58. The van der Waals surface area contributed by atoms with Crippen molar-refractivity contribution in [1.82, 2.24) is 50.4 Å². The Morgan fingerprint density at radius 1 is 0.397 bits per heavy atom. The lowest BCUT2D eigenvalue weighted by molar-refractivity contribution is 0.470. The van der Waals surface area contributed by atoms with Crippen LogP contribution in [0.3, 0.4) is 0 Å². The second-order valence-corrected chi connectivity index (χ2v) is 16.5. The van der Waals surface area contributed by atoms with E-state index < -0.39 is 0 Å². The Morgan fingerprint density at radius 3 is 1.21 bits per heavy atom. The summed E-state index contributed by atoms with van der Waals surface area (Å²) in [7, 11) is 0. The summed E-state index contributed by atoms with van der Waals surface area (Å²) in [6.07, 6.45) is 47.9. The highest BCUT2D eigenvalue weighted by atomic mass is 15.6. The number of aromatic nitrogens is 10. The molecule has 0 N–H and O–H groups in total. The highest BCUT2D eigenvalue weighted by Gasteiger charge is 2.09. The van der Waals surface area contributed by atoms with Gasteiger partial charge in [0.1, 0.15) is 11.4 Å². The van der Waals surface area contributed by atoms with Gasteiger partial charge in [-0.15, -0.1) is 15.3 Å². The van der Waals surface area contributed by atoms with Crippen LogP contribution >= 0.6 is 0 Å². The third-order valence-corrected chi connectivity index (χ3v) is 11.2. The van der Waals surface area contributed by atoms with Crippen LogP contribution in [0.1, 0.15) is 219 Å². The van der Waals surface area contributed by atoms with Crippen LogP contribution < -0.4 is 0 Å². The number of hydrogen-bond donors (Lipinski definition) is 0. The molecule has 0 aromatic carbocycles. The summed E-state index contributed by atoms with van der Waals surface area (Å²) in [6, 6.07) is 11.6. The summed E-state index contributed by atoms with van der Waals surface area (Å²) in [5.41, 5.74) is 1.62. The smallest absolute Gasteiger partial charge is 0.223 e. The number of tetrazole rings is 2. The average Bonchev–Trinajstić information content (AvgIpc) is 3.95. The topological polar surface area (TPSA) is 113 Å². The minimum atomic E-state index is 0.613. The van der Waals surface area contributed by atoms with Crippen molar-refractivity contribution in [2.24, 2.45) is 0 Å². The lowest BCUT2D eigenvalue weighted by Gasteiger charge is -2.05. The molecule has 0 aliphatic rings. The first-order chi connectivity index (χ1) is 28.8. The van der Waals surface area contributed by atoms with Crippen LogP contribution in [0.4, 0.5) is 0 Å². The van der Waals surface area contributed by atoms with Crippen molar-refractivity contribution in [2.75, 3.05) is 0 Å². The van der Waals surface area contributed by atoms with Crippen molar-refractivity contribution in [2.45, 2.75) is 232 Å². The number of hydrogen-bond acceptors (Lipinski definition) is 8. The largest absolute Gasteiger partial charge is 0.253 e. The second-order valence-electron chi connectivity index (χ2n) is 16.5. The Hall–Kier alpha value is -3.56. The van der Waals surface area contributed by atoms with Crippen molar-refractivity contribution in [1.29, 1.82) is 0 Å². The van der Waals surface area contributed by atoms with E-state index in [1.165, 1.54) is 193 Å². The van der Waals surface area contributed by atoms with Crippen LogP contribution in [0.5, 0.6) is 0 Å². The predicted molar refractivity (Wildman–Crippen MR) is 241 cm³/mol. The van der Waals surface area contributed by atoms with Gasteiger partial charge < -0.3 is 0 Å². The van der Waals surface area contributed by atoms with Gasteiger partial charge in [-0.2, -0.15) is 4.80 Å². The molecule has 0 aliphatic carbocycles. The quantitative estimate of drug-likeness (QED) is 0.0418. The maximum Gasteiger partial charge on any atom is 0.223 e. The summed E-state index contributed by atoms with van der Waals surface area (Å²) >= 11 is 0. The Morgan fingerprint density at radius 2 is 0.793 bits per heavy atom. The summed E-state index contributed by atoms with van der Waals surface area (Å²) in [4.78, 5) is 10.3. The van der Waals surface area contributed by atoms with Crippen LogP contribution in [-0.2, 0) is 13.1 Å². The van der Waals surface area contributed by atoms with Gasteiger partial charge in [-0.25, -0.2) is 4.68 Å².